The van der Waals surface area contributed by atoms with Crippen molar-refractivity contribution in [3.63, 3.8) is 0 Å². The number of carbonyl (C=O) groups is 2. The molecule has 2 aromatic carbocycles. The number of rotatable bonds is 8. The lowest BCUT2D eigenvalue weighted by atomic mass is 10.1. The van der Waals surface area contributed by atoms with E-state index in [1.165, 1.54) is 24.0 Å². The van der Waals surface area contributed by atoms with Crippen LogP contribution in [0, 0.1) is 0 Å². The van der Waals surface area contributed by atoms with Gasteiger partial charge in [-0.15, -0.1) is 0 Å². The van der Waals surface area contributed by atoms with Gasteiger partial charge in [0.1, 0.15) is 5.75 Å². The van der Waals surface area contributed by atoms with Gasteiger partial charge in [-0.3, -0.25) is 14.5 Å². The van der Waals surface area contributed by atoms with Gasteiger partial charge in [-0.25, -0.2) is 4.98 Å². The number of fused-ring (bicyclic) bond motifs is 1. The monoisotopic (exact) mass is 439 g/mol. The molecule has 0 radical (unpaired) electrons. The zero-order valence-electron chi connectivity index (χ0n) is 17.4. The fourth-order valence-electron chi connectivity index (χ4n) is 3.56. The summed E-state index contributed by atoms with van der Waals surface area (Å²) in [5.74, 6) is 0.174. The maximum atomic E-state index is 12.4. The van der Waals surface area contributed by atoms with Crippen LogP contribution in [-0.2, 0) is 16.1 Å². The second-order valence-electron chi connectivity index (χ2n) is 7.38. The van der Waals surface area contributed by atoms with Crippen LogP contribution in [0.4, 0.5) is 5.13 Å². The number of aromatic nitrogens is 1. The Morgan fingerprint density at radius 1 is 1.16 bits per heavy atom. The van der Waals surface area contributed by atoms with Crippen molar-refractivity contribution < 1.29 is 19.1 Å². The standard InChI is InChI=1S/C23H25N3O4S/c1-29-20-5-3-2-4-17(20)19(27)8-9-22(28)25-23-24-18-7-6-16(14-21(18)31-23)15-26-10-12-30-13-11-26/h2-7,14H,8-13,15H2,1H3,(H,24,25,28). The van der Waals surface area contributed by atoms with E-state index in [9.17, 15) is 9.59 Å². The van der Waals surface area contributed by atoms with Gasteiger partial charge < -0.3 is 14.8 Å². The van der Waals surface area contributed by atoms with E-state index in [0.29, 0.717) is 16.4 Å². The van der Waals surface area contributed by atoms with Gasteiger partial charge in [-0.2, -0.15) is 0 Å². The lowest BCUT2D eigenvalue weighted by Gasteiger charge is -2.26. The molecule has 1 saturated heterocycles. The third kappa shape index (κ3) is 5.46. The van der Waals surface area contributed by atoms with Crippen molar-refractivity contribution in [2.24, 2.45) is 0 Å². The van der Waals surface area contributed by atoms with Crippen molar-refractivity contribution in [2.75, 3.05) is 38.7 Å². The van der Waals surface area contributed by atoms with E-state index < -0.39 is 0 Å². The number of amides is 1. The molecule has 1 aromatic heterocycles. The van der Waals surface area contributed by atoms with E-state index in [1.54, 1.807) is 18.2 Å². The molecule has 7 nitrogen and oxygen atoms in total. The summed E-state index contributed by atoms with van der Waals surface area (Å²) in [4.78, 5) is 31.7. The summed E-state index contributed by atoms with van der Waals surface area (Å²) >= 11 is 1.45. The van der Waals surface area contributed by atoms with E-state index in [-0.39, 0.29) is 24.5 Å². The normalized spacial score (nSPS) is 14.5. The van der Waals surface area contributed by atoms with Crippen LogP contribution in [0.3, 0.4) is 0 Å². The summed E-state index contributed by atoms with van der Waals surface area (Å²) in [6.07, 6.45) is 0.204. The molecular weight excluding hydrogens is 414 g/mol. The lowest BCUT2D eigenvalue weighted by molar-refractivity contribution is -0.116. The lowest BCUT2D eigenvalue weighted by Crippen LogP contribution is -2.35. The highest BCUT2D eigenvalue weighted by molar-refractivity contribution is 7.22. The number of benzene rings is 2. The molecule has 8 heteroatoms. The minimum Gasteiger partial charge on any atom is -0.496 e. The van der Waals surface area contributed by atoms with E-state index in [4.69, 9.17) is 9.47 Å². The molecule has 0 spiro atoms. The van der Waals surface area contributed by atoms with Gasteiger partial charge in [-0.1, -0.05) is 29.5 Å². The number of carbonyl (C=O) groups excluding carboxylic acids is 2. The van der Waals surface area contributed by atoms with E-state index in [1.807, 2.05) is 12.1 Å². The van der Waals surface area contributed by atoms with Crippen molar-refractivity contribution >= 4 is 38.4 Å². The zero-order chi connectivity index (χ0) is 21.6. The molecular formula is C23H25N3O4S. The van der Waals surface area contributed by atoms with Gasteiger partial charge in [0, 0.05) is 32.5 Å². The molecule has 4 rings (SSSR count). The molecule has 3 aromatic rings. The smallest absolute Gasteiger partial charge is 0.226 e. The molecule has 0 saturated carbocycles. The van der Waals surface area contributed by atoms with Crippen molar-refractivity contribution in [2.45, 2.75) is 19.4 Å². The summed E-state index contributed by atoms with van der Waals surface area (Å²) in [6.45, 7) is 4.31. The van der Waals surface area contributed by atoms with Crippen molar-refractivity contribution in [1.29, 1.82) is 0 Å². The number of ketones is 1. The molecule has 0 bridgehead atoms. The SMILES string of the molecule is COc1ccccc1C(=O)CCC(=O)Nc1nc2ccc(CN3CCOCC3)cc2s1. The van der Waals surface area contributed by atoms with Crippen LogP contribution in [0.1, 0.15) is 28.8 Å². The number of hydrogen-bond acceptors (Lipinski definition) is 7. The van der Waals surface area contributed by atoms with Crippen molar-refractivity contribution in [1.82, 2.24) is 9.88 Å². The first-order chi connectivity index (χ1) is 15.1. The highest BCUT2D eigenvalue weighted by Gasteiger charge is 2.15. The van der Waals surface area contributed by atoms with Crippen LogP contribution >= 0.6 is 11.3 Å². The quantitative estimate of drug-likeness (QED) is 0.539. The molecule has 0 aliphatic carbocycles. The Morgan fingerprint density at radius 3 is 2.77 bits per heavy atom. The summed E-state index contributed by atoms with van der Waals surface area (Å²) < 4.78 is 11.7. The van der Waals surface area contributed by atoms with Gasteiger partial charge in [0.05, 0.1) is 36.1 Å². The second kappa shape index (κ2) is 10.00. The fourth-order valence-corrected chi connectivity index (χ4v) is 4.50. The van der Waals surface area contributed by atoms with Gasteiger partial charge in [-0.05, 0) is 29.8 Å². The first-order valence-corrected chi connectivity index (χ1v) is 11.1. The molecule has 31 heavy (non-hydrogen) atoms. The number of para-hydroxylation sites is 1. The number of nitrogens with zero attached hydrogens (tertiary/aromatic N) is 2. The Morgan fingerprint density at radius 2 is 1.97 bits per heavy atom. The van der Waals surface area contributed by atoms with Crippen LogP contribution in [0.25, 0.3) is 10.2 Å². The van der Waals surface area contributed by atoms with Crippen LogP contribution in [0.5, 0.6) is 5.75 Å². The predicted octanol–water partition coefficient (Wildman–Crippen LogP) is 3.74. The van der Waals surface area contributed by atoms with Crippen LogP contribution in [0.2, 0.25) is 0 Å². The minimum absolute atomic E-state index is 0.0923. The number of ether oxygens (including phenoxy) is 2. The maximum absolute atomic E-state index is 12.4. The van der Waals surface area contributed by atoms with Crippen LogP contribution in [-0.4, -0.2) is 55.0 Å². The van der Waals surface area contributed by atoms with Crippen molar-refractivity contribution in [3.8, 4) is 5.75 Å². The number of hydrogen-bond donors (Lipinski definition) is 1. The highest BCUT2D eigenvalue weighted by atomic mass is 32.1. The average molecular weight is 440 g/mol. The van der Waals surface area contributed by atoms with Crippen LogP contribution in [0.15, 0.2) is 42.5 Å². The molecule has 1 aliphatic rings. The van der Waals surface area contributed by atoms with Gasteiger partial charge >= 0.3 is 0 Å². The Balaban J connectivity index is 1.34. The largest absolute Gasteiger partial charge is 0.496 e. The number of thiazole rings is 1. The summed E-state index contributed by atoms with van der Waals surface area (Å²) in [7, 11) is 1.53. The van der Waals surface area contributed by atoms with E-state index in [0.717, 1.165) is 43.1 Å². The topological polar surface area (TPSA) is 80.8 Å². The number of Topliss-reactive ketones (excluding diaryl/α,β-unsaturated/α-hetero) is 1. The van der Waals surface area contributed by atoms with E-state index in [2.05, 4.69) is 27.3 Å². The highest BCUT2D eigenvalue weighted by Crippen LogP contribution is 2.28. The molecule has 1 aliphatic heterocycles. The third-order valence-electron chi connectivity index (χ3n) is 5.20. The van der Waals surface area contributed by atoms with Crippen molar-refractivity contribution in [3.05, 3.63) is 53.6 Å². The Hall–Kier alpha value is -2.81. The number of nitrogens with one attached hydrogen (secondary N) is 1. The van der Waals surface area contributed by atoms with Gasteiger partial charge in [0.25, 0.3) is 0 Å². The summed E-state index contributed by atoms with van der Waals surface area (Å²) in [6, 6.07) is 13.2. The first kappa shape index (κ1) is 21.4. The molecule has 0 atom stereocenters. The number of methoxy groups -OCH3 is 1. The predicted molar refractivity (Wildman–Crippen MR) is 121 cm³/mol. The fraction of sp³-hybridized carbons (Fsp3) is 0.348. The molecule has 1 N–H and O–H groups in total. The molecule has 1 fully saturated rings. The number of anilines is 1. The second-order valence-corrected chi connectivity index (χ2v) is 8.41. The van der Waals surface area contributed by atoms with E-state index >= 15 is 0 Å². The Bertz CT molecular complexity index is 1080. The Kier molecular flexibility index (Phi) is 6.91. The molecule has 162 valence electrons. The molecule has 0 unspecified atom stereocenters. The summed E-state index contributed by atoms with van der Waals surface area (Å²) in [5, 5.41) is 3.38. The zero-order valence-corrected chi connectivity index (χ0v) is 18.2. The maximum Gasteiger partial charge on any atom is 0.226 e. The molecule has 1 amide bonds. The Labute approximate surface area is 185 Å². The average Bonchev–Trinajstić information content (AvgIpc) is 3.19. The first-order valence-electron chi connectivity index (χ1n) is 10.3. The minimum atomic E-state index is -0.226. The van der Waals surface area contributed by atoms with Gasteiger partial charge in [0.15, 0.2) is 10.9 Å². The molecule has 2 heterocycles. The van der Waals surface area contributed by atoms with Crippen LogP contribution < -0.4 is 10.1 Å². The summed E-state index contributed by atoms with van der Waals surface area (Å²) in [5.41, 5.74) is 2.57. The number of morpholine rings is 1. The van der Waals surface area contributed by atoms with Gasteiger partial charge in [0.2, 0.25) is 5.91 Å². The third-order valence-corrected chi connectivity index (χ3v) is 6.13.